The standard InChI is InChI=1S/C22H25N5O/c1-15-25-13-19(22(23)28)21(26-15)12-16-7-10-27(11-8-16)14-17-6-9-24-20-5-3-2-4-18(17)20/h2-6,9,13,16H,7-8,10-12,14H2,1H3,(H2,23,28). The second-order valence-corrected chi connectivity index (χ2v) is 7.55. The van der Waals surface area contributed by atoms with Crippen LogP contribution in [0.2, 0.25) is 0 Å². The van der Waals surface area contributed by atoms with Crippen molar-refractivity contribution in [3.63, 3.8) is 0 Å². The lowest BCUT2D eigenvalue weighted by Crippen LogP contribution is -2.34. The molecule has 3 heterocycles. The summed E-state index contributed by atoms with van der Waals surface area (Å²) in [7, 11) is 0. The summed E-state index contributed by atoms with van der Waals surface area (Å²) < 4.78 is 0. The van der Waals surface area contributed by atoms with Gasteiger partial charge in [-0.1, -0.05) is 18.2 Å². The number of fused-ring (bicyclic) bond motifs is 1. The van der Waals surface area contributed by atoms with Crippen molar-refractivity contribution in [1.82, 2.24) is 19.9 Å². The Balaban J connectivity index is 1.40. The van der Waals surface area contributed by atoms with Gasteiger partial charge in [-0.25, -0.2) is 9.97 Å². The first-order chi connectivity index (χ1) is 13.6. The molecule has 0 atom stereocenters. The van der Waals surface area contributed by atoms with E-state index in [9.17, 15) is 4.79 Å². The highest BCUT2D eigenvalue weighted by molar-refractivity contribution is 5.93. The fourth-order valence-corrected chi connectivity index (χ4v) is 4.03. The smallest absolute Gasteiger partial charge is 0.252 e. The van der Waals surface area contributed by atoms with Crippen LogP contribution in [0.5, 0.6) is 0 Å². The molecule has 6 nitrogen and oxygen atoms in total. The fraction of sp³-hybridized carbons (Fsp3) is 0.364. The molecule has 0 saturated carbocycles. The highest BCUT2D eigenvalue weighted by Gasteiger charge is 2.22. The Labute approximate surface area is 164 Å². The molecule has 0 bridgehead atoms. The molecule has 0 spiro atoms. The van der Waals surface area contributed by atoms with Crippen LogP contribution >= 0.6 is 0 Å². The summed E-state index contributed by atoms with van der Waals surface area (Å²) in [6.45, 7) is 4.86. The van der Waals surface area contributed by atoms with Crippen LogP contribution in [0.1, 0.15) is 40.3 Å². The first-order valence-electron chi connectivity index (χ1n) is 9.77. The number of nitrogens with two attached hydrogens (primary N) is 1. The lowest BCUT2D eigenvalue weighted by Gasteiger charge is -2.32. The number of carbonyl (C=O) groups excluding carboxylic acids is 1. The van der Waals surface area contributed by atoms with E-state index in [1.807, 2.05) is 19.2 Å². The van der Waals surface area contributed by atoms with E-state index >= 15 is 0 Å². The lowest BCUT2D eigenvalue weighted by molar-refractivity contribution is 0.0997. The van der Waals surface area contributed by atoms with E-state index in [2.05, 4.69) is 44.1 Å². The Morgan fingerprint density at radius 1 is 1.18 bits per heavy atom. The third-order valence-electron chi connectivity index (χ3n) is 5.58. The van der Waals surface area contributed by atoms with Crippen LogP contribution in [0, 0.1) is 12.8 Å². The quantitative estimate of drug-likeness (QED) is 0.741. The second-order valence-electron chi connectivity index (χ2n) is 7.55. The Bertz CT molecular complexity index is 990. The number of primary amides is 1. The molecule has 144 valence electrons. The molecule has 0 aliphatic carbocycles. The molecule has 2 N–H and O–H groups in total. The number of amides is 1. The Morgan fingerprint density at radius 3 is 2.75 bits per heavy atom. The van der Waals surface area contributed by atoms with E-state index in [0.717, 1.165) is 50.1 Å². The monoisotopic (exact) mass is 375 g/mol. The number of benzene rings is 1. The van der Waals surface area contributed by atoms with Crippen LogP contribution in [-0.2, 0) is 13.0 Å². The van der Waals surface area contributed by atoms with Crippen molar-refractivity contribution < 1.29 is 4.79 Å². The van der Waals surface area contributed by atoms with Gasteiger partial charge in [0.05, 0.1) is 16.8 Å². The molecule has 1 amide bonds. The number of rotatable bonds is 5. The van der Waals surface area contributed by atoms with Crippen LogP contribution in [0.25, 0.3) is 10.9 Å². The van der Waals surface area contributed by atoms with Gasteiger partial charge in [-0.05, 0) is 62.9 Å². The average molecular weight is 375 g/mol. The number of pyridine rings is 1. The predicted molar refractivity (Wildman–Crippen MR) is 109 cm³/mol. The van der Waals surface area contributed by atoms with Crippen molar-refractivity contribution in [2.75, 3.05) is 13.1 Å². The van der Waals surface area contributed by atoms with E-state index in [4.69, 9.17) is 5.73 Å². The van der Waals surface area contributed by atoms with E-state index in [0.29, 0.717) is 17.3 Å². The van der Waals surface area contributed by atoms with E-state index in [1.165, 1.54) is 10.9 Å². The summed E-state index contributed by atoms with van der Waals surface area (Å²) in [4.78, 5) is 27.2. The minimum Gasteiger partial charge on any atom is -0.365 e. The van der Waals surface area contributed by atoms with E-state index in [1.54, 1.807) is 6.20 Å². The minimum atomic E-state index is -0.447. The molecule has 2 aromatic heterocycles. The molecule has 1 fully saturated rings. The van der Waals surface area contributed by atoms with Crippen molar-refractivity contribution in [3.05, 3.63) is 65.4 Å². The third kappa shape index (κ3) is 4.02. The molecule has 4 rings (SSSR count). The summed E-state index contributed by atoms with van der Waals surface area (Å²) in [5, 5.41) is 1.23. The summed E-state index contributed by atoms with van der Waals surface area (Å²) >= 11 is 0. The molecular weight excluding hydrogens is 350 g/mol. The van der Waals surface area contributed by atoms with Gasteiger partial charge < -0.3 is 5.73 Å². The SMILES string of the molecule is Cc1ncc(C(N)=O)c(CC2CCN(Cc3ccnc4ccccc34)CC2)n1. The van der Waals surface area contributed by atoms with Gasteiger partial charge in [-0.2, -0.15) is 0 Å². The second kappa shape index (κ2) is 8.02. The molecular formula is C22H25N5O. The van der Waals surface area contributed by atoms with Crippen LogP contribution in [0.15, 0.2) is 42.7 Å². The molecule has 6 heteroatoms. The molecule has 1 aliphatic rings. The topological polar surface area (TPSA) is 85.0 Å². The van der Waals surface area contributed by atoms with Crippen LogP contribution in [0.3, 0.4) is 0 Å². The molecule has 3 aromatic rings. The number of aryl methyl sites for hydroxylation is 1. The highest BCUT2D eigenvalue weighted by atomic mass is 16.1. The van der Waals surface area contributed by atoms with Crippen molar-refractivity contribution >= 4 is 16.8 Å². The molecule has 0 radical (unpaired) electrons. The molecule has 0 unspecified atom stereocenters. The number of likely N-dealkylation sites (tertiary alicyclic amines) is 1. The molecule has 1 saturated heterocycles. The normalized spacial score (nSPS) is 15.8. The maximum atomic E-state index is 11.7. The van der Waals surface area contributed by atoms with E-state index < -0.39 is 5.91 Å². The lowest BCUT2D eigenvalue weighted by atomic mass is 9.90. The summed E-state index contributed by atoms with van der Waals surface area (Å²) in [6.07, 6.45) is 6.42. The van der Waals surface area contributed by atoms with Gasteiger partial charge in [0.25, 0.3) is 5.91 Å². The van der Waals surface area contributed by atoms with Crippen molar-refractivity contribution in [2.45, 2.75) is 32.7 Å². The van der Waals surface area contributed by atoms with Gasteiger partial charge in [0.1, 0.15) is 5.82 Å². The number of hydrogen-bond acceptors (Lipinski definition) is 5. The average Bonchev–Trinajstić information content (AvgIpc) is 2.70. The van der Waals surface area contributed by atoms with Crippen molar-refractivity contribution in [3.8, 4) is 0 Å². The summed E-state index contributed by atoms with van der Waals surface area (Å²) in [5.41, 5.74) is 9.11. The van der Waals surface area contributed by atoms with E-state index in [-0.39, 0.29) is 0 Å². The molecule has 28 heavy (non-hydrogen) atoms. The summed E-state index contributed by atoms with van der Waals surface area (Å²) in [6, 6.07) is 10.4. The number of nitrogens with zero attached hydrogens (tertiary/aromatic N) is 4. The van der Waals surface area contributed by atoms with Crippen LogP contribution in [-0.4, -0.2) is 38.8 Å². The number of carbonyl (C=O) groups is 1. The maximum absolute atomic E-state index is 11.7. The van der Waals surface area contributed by atoms with Gasteiger partial charge in [0.2, 0.25) is 0 Å². The number of hydrogen-bond donors (Lipinski definition) is 1. The summed E-state index contributed by atoms with van der Waals surface area (Å²) in [5.74, 6) is 0.747. The van der Waals surface area contributed by atoms with Gasteiger partial charge in [0, 0.05) is 24.3 Å². The molecule has 1 aromatic carbocycles. The van der Waals surface area contributed by atoms with Crippen molar-refractivity contribution in [2.24, 2.45) is 11.7 Å². The Morgan fingerprint density at radius 2 is 1.96 bits per heavy atom. The molecule has 1 aliphatic heterocycles. The number of para-hydroxylation sites is 1. The van der Waals surface area contributed by atoms with Crippen LogP contribution < -0.4 is 5.73 Å². The zero-order valence-electron chi connectivity index (χ0n) is 16.1. The number of piperidine rings is 1. The van der Waals surface area contributed by atoms with Crippen LogP contribution in [0.4, 0.5) is 0 Å². The number of aromatic nitrogens is 3. The predicted octanol–water partition coefficient (Wildman–Crippen LogP) is 2.89. The van der Waals surface area contributed by atoms with Gasteiger partial charge in [0.15, 0.2) is 0 Å². The third-order valence-corrected chi connectivity index (χ3v) is 5.58. The zero-order chi connectivity index (χ0) is 19.5. The minimum absolute atomic E-state index is 0.447. The fourth-order valence-electron chi connectivity index (χ4n) is 4.03. The van der Waals surface area contributed by atoms with Gasteiger partial charge in [-0.3, -0.25) is 14.7 Å². The van der Waals surface area contributed by atoms with Gasteiger partial charge in [-0.15, -0.1) is 0 Å². The first-order valence-corrected chi connectivity index (χ1v) is 9.77. The highest BCUT2D eigenvalue weighted by Crippen LogP contribution is 2.25. The Kier molecular flexibility index (Phi) is 5.30. The Hall–Kier alpha value is -2.86. The van der Waals surface area contributed by atoms with Crippen molar-refractivity contribution in [1.29, 1.82) is 0 Å². The van der Waals surface area contributed by atoms with Gasteiger partial charge >= 0.3 is 0 Å². The largest absolute Gasteiger partial charge is 0.365 e. The maximum Gasteiger partial charge on any atom is 0.252 e. The zero-order valence-corrected chi connectivity index (χ0v) is 16.1. The first kappa shape index (κ1) is 18.5.